The van der Waals surface area contributed by atoms with E-state index >= 15 is 0 Å². The molecule has 0 unspecified atom stereocenters. The second-order valence-electron chi connectivity index (χ2n) is 3.80. The Morgan fingerprint density at radius 3 is 3.00 bits per heavy atom. The van der Waals surface area contributed by atoms with E-state index in [1.165, 1.54) is 4.90 Å². The van der Waals surface area contributed by atoms with E-state index in [0.29, 0.717) is 31.0 Å². The highest BCUT2D eigenvalue weighted by atomic mass is 32.1. The highest BCUT2D eigenvalue weighted by Gasteiger charge is 2.28. The fraction of sp³-hybridized carbons (Fsp3) is 0.545. The van der Waals surface area contributed by atoms with Gasteiger partial charge in [-0.2, -0.15) is 0 Å². The quantitative estimate of drug-likeness (QED) is 0.427. The highest BCUT2D eigenvalue weighted by molar-refractivity contribution is 7.80. The zero-order valence-corrected chi connectivity index (χ0v) is 10.5. The smallest absolute Gasteiger partial charge is 0.251 e. The summed E-state index contributed by atoms with van der Waals surface area (Å²) < 4.78 is 0. The summed E-state index contributed by atoms with van der Waals surface area (Å²) in [5.41, 5.74) is 0. The molecule has 1 heterocycles. The third-order valence-electron chi connectivity index (χ3n) is 2.60. The predicted octanol–water partition coefficient (Wildman–Crippen LogP) is 0.174. The van der Waals surface area contributed by atoms with Gasteiger partial charge >= 0.3 is 0 Å². The number of carbonyl (C=O) groups is 2. The van der Waals surface area contributed by atoms with Crippen molar-refractivity contribution >= 4 is 29.6 Å². The summed E-state index contributed by atoms with van der Waals surface area (Å²) in [6.07, 6.45) is 4.69. The van der Waals surface area contributed by atoms with E-state index in [9.17, 15) is 9.59 Å². The normalized spacial score (nSPS) is 20.4. The largest absolute Gasteiger partial charge is 0.359 e. The van der Waals surface area contributed by atoms with Crippen LogP contribution in [0.3, 0.4) is 0 Å². The van der Waals surface area contributed by atoms with Crippen LogP contribution >= 0.6 is 12.2 Å². The van der Waals surface area contributed by atoms with Gasteiger partial charge in [0, 0.05) is 13.1 Å². The third-order valence-corrected chi connectivity index (χ3v) is 2.97. The van der Waals surface area contributed by atoms with Gasteiger partial charge in [0.25, 0.3) is 5.91 Å². The van der Waals surface area contributed by atoms with Crippen molar-refractivity contribution in [1.29, 1.82) is 0 Å². The number of nitrogens with one attached hydrogen (secondary N) is 2. The van der Waals surface area contributed by atoms with E-state index in [4.69, 9.17) is 12.2 Å². The first-order valence-corrected chi connectivity index (χ1v) is 6.01. The maximum absolute atomic E-state index is 12.1. The van der Waals surface area contributed by atoms with Crippen LogP contribution in [-0.2, 0) is 9.59 Å². The zero-order chi connectivity index (χ0) is 12.7. The molecule has 1 saturated heterocycles. The van der Waals surface area contributed by atoms with Crippen LogP contribution in [0, 0.1) is 0 Å². The number of amides is 2. The lowest BCUT2D eigenvalue weighted by Gasteiger charge is -2.24. The molecule has 94 valence electrons. The summed E-state index contributed by atoms with van der Waals surface area (Å²) in [4.78, 5) is 24.0. The Morgan fingerprint density at radius 2 is 2.35 bits per heavy atom. The number of nitrogens with zero attached hydrogens (tertiary/aromatic N) is 1. The summed E-state index contributed by atoms with van der Waals surface area (Å²) in [5, 5.41) is 5.86. The van der Waals surface area contributed by atoms with Crippen molar-refractivity contribution in [2.75, 3.05) is 13.1 Å². The Balaban J connectivity index is 2.67. The maximum atomic E-state index is 12.1. The highest BCUT2D eigenvalue weighted by Crippen LogP contribution is 2.12. The molecule has 1 fully saturated rings. The Hall–Kier alpha value is -1.43. The molecule has 0 aromatic heterocycles. The lowest BCUT2D eigenvalue weighted by atomic mass is 10.1. The van der Waals surface area contributed by atoms with E-state index in [-0.39, 0.29) is 5.91 Å². The summed E-state index contributed by atoms with van der Waals surface area (Å²) in [7, 11) is 0. The molecule has 0 aliphatic carbocycles. The summed E-state index contributed by atoms with van der Waals surface area (Å²) in [6, 6.07) is -0.460. The SMILES string of the molecule is C=CCNC(=S)N1CCCC[C@H](NC=O)C1=O. The molecule has 1 atom stereocenters. The van der Waals surface area contributed by atoms with Gasteiger partial charge in [0.15, 0.2) is 5.11 Å². The van der Waals surface area contributed by atoms with Gasteiger partial charge in [-0.25, -0.2) is 0 Å². The van der Waals surface area contributed by atoms with Gasteiger partial charge in [-0.05, 0) is 31.5 Å². The lowest BCUT2D eigenvalue weighted by molar-refractivity contribution is -0.130. The van der Waals surface area contributed by atoms with Crippen LogP contribution in [0.25, 0.3) is 0 Å². The molecular formula is C11H17N3O2S. The molecule has 6 heteroatoms. The van der Waals surface area contributed by atoms with Crippen molar-refractivity contribution in [3.8, 4) is 0 Å². The number of carbonyl (C=O) groups excluding carboxylic acids is 2. The Bertz CT molecular complexity index is 320. The minimum atomic E-state index is -0.460. The monoisotopic (exact) mass is 255 g/mol. The second kappa shape index (κ2) is 7.01. The van der Waals surface area contributed by atoms with Gasteiger partial charge in [0.05, 0.1) is 0 Å². The molecule has 0 spiro atoms. The molecule has 17 heavy (non-hydrogen) atoms. The lowest BCUT2D eigenvalue weighted by Crippen LogP contribution is -2.50. The third kappa shape index (κ3) is 3.81. The van der Waals surface area contributed by atoms with Gasteiger partial charge in [0.2, 0.25) is 6.41 Å². The van der Waals surface area contributed by atoms with E-state index in [1.54, 1.807) is 6.08 Å². The van der Waals surface area contributed by atoms with Crippen LogP contribution in [0.5, 0.6) is 0 Å². The van der Waals surface area contributed by atoms with Gasteiger partial charge in [-0.3, -0.25) is 14.5 Å². The van der Waals surface area contributed by atoms with Crippen molar-refractivity contribution in [3.63, 3.8) is 0 Å². The number of rotatable bonds is 4. The minimum Gasteiger partial charge on any atom is -0.359 e. The minimum absolute atomic E-state index is 0.142. The Labute approximate surface area is 106 Å². The van der Waals surface area contributed by atoms with Crippen molar-refractivity contribution < 1.29 is 9.59 Å². The van der Waals surface area contributed by atoms with E-state index in [2.05, 4.69) is 17.2 Å². The molecule has 0 radical (unpaired) electrons. The van der Waals surface area contributed by atoms with E-state index < -0.39 is 6.04 Å². The van der Waals surface area contributed by atoms with Gasteiger partial charge in [-0.1, -0.05) is 6.08 Å². The number of thiocarbonyl (C=S) groups is 1. The molecule has 0 saturated carbocycles. The molecule has 0 aromatic carbocycles. The molecule has 1 aliphatic rings. The maximum Gasteiger partial charge on any atom is 0.251 e. The number of hydrogen-bond donors (Lipinski definition) is 2. The first-order chi connectivity index (χ1) is 8.20. The number of hydrogen-bond acceptors (Lipinski definition) is 3. The summed E-state index contributed by atoms with van der Waals surface area (Å²) in [5.74, 6) is -0.142. The fourth-order valence-electron chi connectivity index (χ4n) is 1.73. The topological polar surface area (TPSA) is 61.4 Å². The molecular weight excluding hydrogens is 238 g/mol. The predicted molar refractivity (Wildman–Crippen MR) is 69.3 cm³/mol. The molecule has 2 amide bonds. The first kappa shape index (κ1) is 13.6. The van der Waals surface area contributed by atoms with Crippen molar-refractivity contribution in [2.24, 2.45) is 0 Å². The van der Waals surface area contributed by atoms with Crippen molar-refractivity contribution in [1.82, 2.24) is 15.5 Å². The van der Waals surface area contributed by atoms with Crippen LogP contribution in [-0.4, -0.2) is 41.5 Å². The molecule has 2 N–H and O–H groups in total. The van der Waals surface area contributed by atoms with Crippen molar-refractivity contribution in [3.05, 3.63) is 12.7 Å². The van der Waals surface area contributed by atoms with Crippen LogP contribution in [0.2, 0.25) is 0 Å². The standard InChI is InChI=1S/C11H17N3O2S/c1-2-6-12-11(17)14-7-4-3-5-9(10(14)16)13-8-15/h2,8-9H,1,3-7H2,(H,12,17)(H,13,15)/t9-/m0/s1. The average Bonchev–Trinajstić information content (AvgIpc) is 2.50. The molecule has 1 rings (SSSR count). The van der Waals surface area contributed by atoms with E-state index in [1.807, 2.05) is 0 Å². The summed E-state index contributed by atoms with van der Waals surface area (Å²) in [6.45, 7) is 4.69. The van der Waals surface area contributed by atoms with Crippen LogP contribution in [0.15, 0.2) is 12.7 Å². The van der Waals surface area contributed by atoms with Crippen LogP contribution in [0.4, 0.5) is 0 Å². The molecule has 0 aromatic rings. The average molecular weight is 255 g/mol. The van der Waals surface area contributed by atoms with Crippen molar-refractivity contribution in [2.45, 2.75) is 25.3 Å². The van der Waals surface area contributed by atoms with Gasteiger partial charge < -0.3 is 10.6 Å². The molecule has 1 aliphatic heterocycles. The fourth-order valence-corrected chi connectivity index (χ4v) is 2.00. The first-order valence-electron chi connectivity index (χ1n) is 5.60. The Morgan fingerprint density at radius 1 is 1.59 bits per heavy atom. The summed E-state index contributed by atoms with van der Waals surface area (Å²) >= 11 is 5.14. The molecule has 5 nitrogen and oxygen atoms in total. The van der Waals surface area contributed by atoms with Crippen LogP contribution < -0.4 is 10.6 Å². The second-order valence-corrected chi connectivity index (χ2v) is 4.18. The van der Waals surface area contributed by atoms with Gasteiger partial charge in [-0.15, -0.1) is 6.58 Å². The van der Waals surface area contributed by atoms with E-state index in [0.717, 1.165) is 12.8 Å². The Kier molecular flexibility index (Phi) is 5.62. The van der Waals surface area contributed by atoms with Gasteiger partial charge in [0.1, 0.15) is 6.04 Å². The number of likely N-dealkylation sites (tertiary alicyclic amines) is 1. The molecule has 0 bridgehead atoms. The van der Waals surface area contributed by atoms with Crippen LogP contribution in [0.1, 0.15) is 19.3 Å². The zero-order valence-electron chi connectivity index (χ0n) is 9.65.